The number of aromatic nitrogens is 2. The summed E-state index contributed by atoms with van der Waals surface area (Å²) in [4.78, 5) is 30.1. The van der Waals surface area contributed by atoms with Gasteiger partial charge in [0.15, 0.2) is 0 Å². The van der Waals surface area contributed by atoms with Crippen molar-refractivity contribution in [3.05, 3.63) is 42.7 Å². The molecule has 2 saturated heterocycles. The molecule has 8 heteroatoms. The standard InChI is InChI=1S/C21H28N6O2/c1-29-19-5-2-4-18(16-19)25-10-8-24(9-11-25)17-20(28)26-12-14-27(15-13-26)21-22-6-3-7-23-21/h2-7,16H,8-15,17H2,1H3. The van der Waals surface area contributed by atoms with Crippen molar-refractivity contribution in [2.24, 2.45) is 0 Å². The van der Waals surface area contributed by atoms with Crippen LogP contribution in [-0.2, 0) is 4.79 Å². The number of carbonyl (C=O) groups excluding carboxylic acids is 1. The molecule has 8 nitrogen and oxygen atoms in total. The fourth-order valence-electron chi connectivity index (χ4n) is 3.87. The highest BCUT2D eigenvalue weighted by molar-refractivity contribution is 5.78. The molecule has 0 bridgehead atoms. The molecule has 0 radical (unpaired) electrons. The molecule has 2 aliphatic heterocycles. The summed E-state index contributed by atoms with van der Waals surface area (Å²) in [5.74, 6) is 1.84. The maximum absolute atomic E-state index is 12.7. The number of methoxy groups -OCH3 is 1. The van der Waals surface area contributed by atoms with Crippen LogP contribution in [0.5, 0.6) is 5.75 Å². The van der Waals surface area contributed by atoms with E-state index >= 15 is 0 Å². The molecule has 29 heavy (non-hydrogen) atoms. The van der Waals surface area contributed by atoms with Crippen LogP contribution in [0.15, 0.2) is 42.7 Å². The third-order valence-corrected chi connectivity index (χ3v) is 5.62. The quantitative estimate of drug-likeness (QED) is 0.746. The van der Waals surface area contributed by atoms with E-state index in [1.54, 1.807) is 19.5 Å². The summed E-state index contributed by atoms with van der Waals surface area (Å²) in [5, 5.41) is 0. The van der Waals surface area contributed by atoms with Crippen LogP contribution in [0.25, 0.3) is 0 Å². The molecular formula is C21H28N6O2. The number of hydrogen-bond donors (Lipinski definition) is 0. The van der Waals surface area contributed by atoms with Crippen LogP contribution in [-0.4, -0.2) is 91.7 Å². The van der Waals surface area contributed by atoms with E-state index in [-0.39, 0.29) is 5.91 Å². The van der Waals surface area contributed by atoms with Crippen molar-refractivity contribution in [3.8, 4) is 5.75 Å². The zero-order valence-corrected chi connectivity index (χ0v) is 16.9. The second-order valence-corrected chi connectivity index (χ2v) is 7.38. The van der Waals surface area contributed by atoms with Gasteiger partial charge in [-0.25, -0.2) is 9.97 Å². The maximum atomic E-state index is 12.7. The predicted octanol–water partition coefficient (Wildman–Crippen LogP) is 0.956. The summed E-state index contributed by atoms with van der Waals surface area (Å²) in [6.45, 7) is 7.11. The number of benzene rings is 1. The van der Waals surface area contributed by atoms with Gasteiger partial charge in [0.2, 0.25) is 11.9 Å². The number of piperazine rings is 2. The van der Waals surface area contributed by atoms with Gasteiger partial charge in [-0.05, 0) is 18.2 Å². The van der Waals surface area contributed by atoms with E-state index < -0.39 is 0 Å². The number of amides is 1. The predicted molar refractivity (Wildman–Crippen MR) is 112 cm³/mol. The van der Waals surface area contributed by atoms with Gasteiger partial charge in [0.05, 0.1) is 13.7 Å². The van der Waals surface area contributed by atoms with Crippen molar-refractivity contribution in [1.29, 1.82) is 0 Å². The van der Waals surface area contributed by atoms with E-state index in [9.17, 15) is 4.79 Å². The lowest BCUT2D eigenvalue weighted by atomic mass is 10.2. The Bertz CT molecular complexity index is 802. The van der Waals surface area contributed by atoms with E-state index in [0.29, 0.717) is 6.54 Å². The monoisotopic (exact) mass is 396 g/mol. The molecule has 0 saturated carbocycles. The lowest BCUT2D eigenvalue weighted by Gasteiger charge is -2.38. The molecule has 0 unspecified atom stereocenters. The van der Waals surface area contributed by atoms with Crippen molar-refractivity contribution in [3.63, 3.8) is 0 Å². The fraction of sp³-hybridized carbons (Fsp3) is 0.476. The Labute approximate surface area is 171 Å². The molecule has 3 heterocycles. The van der Waals surface area contributed by atoms with Gasteiger partial charge in [-0.3, -0.25) is 9.69 Å². The first-order chi connectivity index (χ1) is 14.2. The van der Waals surface area contributed by atoms with Crippen molar-refractivity contribution in [2.75, 3.05) is 75.8 Å². The van der Waals surface area contributed by atoms with Crippen LogP contribution in [0, 0.1) is 0 Å². The van der Waals surface area contributed by atoms with Gasteiger partial charge in [0.1, 0.15) is 5.75 Å². The minimum atomic E-state index is 0.216. The Morgan fingerprint density at radius 2 is 1.62 bits per heavy atom. The van der Waals surface area contributed by atoms with Crippen molar-refractivity contribution in [2.45, 2.75) is 0 Å². The summed E-state index contributed by atoms with van der Waals surface area (Å²) in [5.41, 5.74) is 1.18. The molecule has 0 atom stereocenters. The minimum absolute atomic E-state index is 0.216. The number of nitrogens with zero attached hydrogens (tertiary/aromatic N) is 6. The third kappa shape index (κ3) is 4.76. The average molecular weight is 396 g/mol. The Morgan fingerprint density at radius 3 is 2.31 bits per heavy atom. The van der Waals surface area contributed by atoms with Gasteiger partial charge in [-0.2, -0.15) is 0 Å². The number of rotatable bonds is 5. The SMILES string of the molecule is COc1cccc(N2CCN(CC(=O)N3CCN(c4ncccn4)CC3)CC2)c1. The summed E-state index contributed by atoms with van der Waals surface area (Å²) in [6.07, 6.45) is 3.51. The Balaban J connectivity index is 1.23. The summed E-state index contributed by atoms with van der Waals surface area (Å²) in [6, 6.07) is 9.97. The topological polar surface area (TPSA) is 65.0 Å². The van der Waals surface area contributed by atoms with Gasteiger partial charge in [-0.15, -0.1) is 0 Å². The van der Waals surface area contributed by atoms with Gasteiger partial charge in [0.25, 0.3) is 0 Å². The Morgan fingerprint density at radius 1 is 0.931 bits per heavy atom. The van der Waals surface area contributed by atoms with Crippen LogP contribution >= 0.6 is 0 Å². The number of anilines is 2. The Kier molecular flexibility index (Phi) is 6.09. The van der Waals surface area contributed by atoms with Crippen molar-refractivity contribution in [1.82, 2.24) is 19.8 Å². The van der Waals surface area contributed by atoms with E-state index in [2.05, 4.69) is 36.8 Å². The largest absolute Gasteiger partial charge is 0.497 e. The van der Waals surface area contributed by atoms with Crippen molar-refractivity contribution < 1.29 is 9.53 Å². The van der Waals surface area contributed by atoms with E-state index in [4.69, 9.17) is 4.74 Å². The molecule has 1 aromatic carbocycles. The van der Waals surface area contributed by atoms with Crippen LogP contribution in [0.4, 0.5) is 11.6 Å². The second-order valence-electron chi connectivity index (χ2n) is 7.38. The third-order valence-electron chi connectivity index (χ3n) is 5.62. The lowest BCUT2D eigenvalue weighted by Crippen LogP contribution is -2.54. The molecule has 2 fully saturated rings. The van der Waals surface area contributed by atoms with E-state index in [1.807, 2.05) is 23.1 Å². The first kappa shape index (κ1) is 19.4. The molecular weight excluding hydrogens is 368 g/mol. The fourth-order valence-corrected chi connectivity index (χ4v) is 3.87. The van der Waals surface area contributed by atoms with Gasteiger partial charge < -0.3 is 19.4 Å². The molecule has 0 spiro atoms. The Hall–Kier alpha value is -2.87. The average Bonchev–Trinajstić information content (AvgIpc) is 2.80. The normalized spacial score (nSPS) is 18.0. The number of carbonyl (C=O) groups is 1. The van der Waals surface area contributed by atoms with Crippen LogP contribution in [0.1, 0.15) is 0 Å². The molecule has 2 aliphatic rings. The zero-order chi connectivity index (χ0) is 20.1. The lowest BCUT2D eigenvalue weighted by molar-refractivity contribution is -0.132. The summed E-state index contributed by atoms with van der Waals surface area (Å²) >= 11 is 0. The molecule has 2 aromatic rings. The van der Waals surface area contributed by atoms with Gasteiger partial charge >= 0.3 is 0 Å². The molecule has 0 N–H and O–H groups in total. The molecule has 1 aromatic heterocycles. The second kappa shape index (κ2) is 9.09. The zero-order valence-electron chi connectivity index (χ0n) is 16.9. The van der Waals surface area contributed by atoms with Gasteiger partial charge in [-0.1, -0.05) is 6.07 Å². The van der Waals surface area contributed by atoms with Gasteiger partial charge in [0, 0.05) is 76.5 Å². The van der Waals surface area contributed by atoms with Crippen LogP contribution in [0.3, 0.4) is 0 Å². The first-order valence-electron chi connectivity index (χ1n) is 10.1. The maximum Gasteiger partial charge on any atom is 0.236 e. The highest BCUT2D eigenvalue weighted by Crippen LogP contribution is 2.22. The first-order valence-corrected chi connectivity index (χ1v) is 10.1. The van der Waals surface area contributed by atoms with E-state index in [0.717, 1.165) is 64.1 Å². The number of ether oxygens (including phenoxy) is 1. The summed E-state index contributed by atoms with van der Waals surface area (Å²) < 4.78 is 5.32. The highest BCUT2D eigenvalue weighted by Gasteiger charge is 2.25. The summed E-state index contributed by atoms with van der Waals surface area (Å²) in [7, 11) is 1.69. The van der Waals surface area contributed by atoms with Crippen LogP contribution < -0.4 is 14.5 Å². The smallest absolute Gasteiger partial charge is 0.236 e. The van der Waals surface area contributed by atoms with Crippen molar-refractivity contribution >= 4 is 17.5 Å². The molecule has 0 aliphatic carbocycles. The van der Waals surface area contributed by atoms with E-state index in [1.165, 1.54) is 5.69 Å². The highest BCUT2D eigenvalue weighted by atomic mass is 16.5. The molecule has 4 rings (SSSR count). The van der Waals surface area contributed by atoms with Crippen LogP contribution in [0.2, 0.25) is 0 Å². The molecule has 154 valence electrons. The minimum Gasteiger partial charge on any atom is -0.497 e. The number of hydrogen-bond acceptors (Lipinski definition) is 7. The molecule has 1 amide bonds.